The largest absolute Gasteiger partial charge is 0.433 e. The van der Waals surface area contributed by atoms with Crippen molar-refractivity contribution in [2.75, 3.05) is 0 Å². The van der Waals surface area contributed by atoms with Gasteiger partial charge in [0.2, 0.25) is 0 Å². The first-order valence-electron chi connectivity index (χ1n) is 5.54. The van der Waals surface area contributed by atoms with Crippen LogP contribution in [-0.2, 0) is 11.9 Å². The van der Waals surface area contributed by atoms with E-state index in [0.29, 0.717) is 5.75 Å². The van der Waals surface area contributed by atoms with Crippen LogP contribution in [0.1, 0.15) is 16.8 Å². The fourth-order valence-electron chi connectivity index (χ4n) is 1.48. The highest BCUT2D eigenvalue weighted by Crippen LogP contribution is 2.29. The lowest BCUT2D eigenvalue weighted by molar-refractivity contribution is -0.141. The molecule has 1 aromatic carbocycles. The Bertz CT molecular complexity index is 570. The molecule has 0 unspecified atom stereocenters. The fourth-order valence-corrected chi connectivity index (χ4v) is 2.39. The molecule has 0 N–H and O–H groups in total. The summed E-state index contributed by atoms with van der Waals surface area (Å²) in [5.41, 5.74) is 1.25. The Morgan fingerprint density at radius 2 is 1.89 bits per heavy atom. The summed E-state index contributed by atoms with van der Waals surface area (Å²) >= 11 is 1.20. The molecule has 6 heteroatoms. The summed E-state index contributed by atoms with van der Waals surface area (Å²) in [5, 5.41) is 0.137. The third-order valence-corrected chi connectivity index (χ3v) is 3.45. The van der Waals surface area contributed by atoms with Crippen LogP contribution >= 0.6 is 11.8 Å². The van der Waals surface area contributed by atoms with E-state index in [1.165, 1.54) is 11.8 Å². The molecule has 2 rings (SSSR count). The van der Waals surface area contributed by atoms with Crippen molar-refractivity contribution < 1.29 is 13.2 Å². The maximum Gasteiger partial charge on any atom is 0.433 e. The first-order valence-corrected chi connectivity index (χ1v) is 6.53. The molecule has 0 saturated carbocycles. The lowest BCUT2D eigenvalue weighted by atomic mass is 10.1. The van der Waals surface area contributed by atoms with Crippen LogP contribution in [0, 0.1) is 6.92 Å². The summed E-state index contributed by atoms with van der Waals surface area (Å²) in [6.45, 7) is 1.96. The number of alkyl halides is 3. The Morgan fingerprint density at radius 1 is 1.16 bits per heavy atom. The Morgan fingerprint density at radius 3 is 2.58 bits per heavy atom. The van der Waals surface area contributed by atoms with Crippen LogP contribution in [0.5, 0.6) is 0 Å². The summed E-state index contributed by atoms with van der Waals surface area (Å²) in [6.07, 6.45) is -3.29. The molecule has 0 radical (unpaired) electrons. The van der Waals surface area contributed by atoms with Crippen molar-refractivity contribution in [1.82, 2.24) is 9.97 Å². The van der Waals surface area contributed by atoms with Gasteiger partial charge in [-0.25, -0.2) is 9.97 Å². The minimum Gasteiger partial charge on any atom is -0.231 e. The molecular weight excluding hydrogens is 273 g/mol. The van der Waals surface area contributed by atoms with Gasteiger partial charge in [-0.1, -0.05) is 36.0 Å². The van der Waals surface area contributed by atoms with Gasteiger partial charge in [-0.2, -0.15) is 13.2 Å². The summed E-state index contributed by atoms with van der Waals surface area (Å²) < 4.78 is 37.5. The zero-order valence-corrected chi connectivity index (χ0v) is 10.9. The fraction of sp³-hybridized carbons (Fsp3) is 0.231. The molecule has 1 heterocycles. The lowest BCUT2D eigenvalue weighted by Gasteiger charge is -2.07. The van der Waals surface area contributed by atoms with Gasteiger partial charge in [0.15, 0.2) is 5.16 Å². The molecule has 0 saturated heterocycles. The lowest BCUT2D eigenvalue weighted by Crippen LogP contribution is -2.08. The van der Waals surface area contributed by atoms with E-state index in [0.717, 1.165) is 23.4 Å². The van der Waals surface area contributed by atoms with Crippen molar-refractivity contribution in [1.29, 1.82) is 0 Å². The van der Waals surface area contributed by atoms with Gasteiger partial charge in [-0.05, 0) is 24.1 Å². The second-order valence-corrected chi connectivity index (χ2v) is 4.88. The van der Waals surface area contributed by atoms with Crippen LogP contribution in [0.3, 0.4) is 0 Å². The molecule has 0 aliphatic carbocycles. The quantitative estimate of drug-likeness (QED) is 0.627. The number of hydrogen-bond acceptors (Lipinski definition) is 3. The highest BCUT2D eigenvalue weighted by molar-refractivity contribution is 7.98. The standard InChI is InChI=1S/C13H11F3N2S/c1-9-4-2-3-5-10(9)8-19-12-17-7-6-11(18-12)13(14,15)16/h2-7H,8H2,1H3. The van der Waals surface area contributed by atoms with E-state index in [9.17, 15) is 13.2 Å². The summed E-state index contributed by atoms with van der Waals surface area (Å²) in [4.78, 5) is 7.37. The van der Waals surface area contributed by atoms with Crippen LogP contribution in [0.15, 0.2) is 41.7 Å². The average Bonchev–Trinajstić information content (AvgIpc) is 2.37. The monoisotopic (exact) mass is 284 g/mol. The molecule has 2 aromatic rings. The molecule has 0 aliphatic rings. The van der Waals surface area contributed by atoms with Crippen molar-refractivity contribution in [3.8, 4) is 0 Å². The van der Waals surface area contributed by atoms with Gasteiger partial charge >= 0.3 is 6.18 Å². The minimum absolute atomic E-state index is 0.137. The molecule has 0 atom stereocenters. The number of halogens is 3. The van der Waals surface area contributed by atoms with Gasteiger partial charge in [0.25, 0.3) is 0 Å². The predicted molar refractivity (Wildman–Crippen MR) is 67.8 cm³/mol. The van der Waals surface area contributed by atoms with Crippen LogP contribution in [0.2, 0.25) is 0 Å². The summed E-state index contributed by atoms with van der Waals surface area (Å²) in [5.74, 6) is 0.550. The first kappa shape index (κ1) is 13.9. The molecule has 0 bridgehead atoms. The molecule has 0 fully saturated rings. The molecule has 0 aliphatic heterocycles. The van der Waals surface area contributed by atoms with Gasteiger partial charge in [-0.15, -0.1) is 0 Å². The smallest absolute Gasteiger partial charge is 0.231 e. The minimum atomic E-state index is -4.43. The number of nitrogens with zero attached hydrogens (tertiary/aromatic N) is 2. The zero-order chi connectivity index (χ0) is 13.9. The van der Waals surface area contributed by atoms with Crippen molar-refractivity contribution in [2.45, 2.75) is 24.0 Å². The Hall–Kier alpha value is -1.56. The Labute approximate surface area is 113 Å². The molecule has 19 heavy (non-hydrogen) atoms. The number of aryl methyl sites for hydroxylation is 1. The normalized spacial score (nSPS) is 11.6. The number of rotatable bonds is 3. The molecular formula is C13H11F3N2S. The highest BCUT2D eigenvalue weighted by Gasteiger charge is 2.32. The van der Waals surface area contributed by atoms with E-state index in [-0.39, 0.29) is 5.16 Å². The first-order chi connectivity index (χ1) is 8.97. The third kappa shape index (κ3) is 3.70. The maximum absolute atomic E-state index is 12.5. The molecule has 0 spiro atoms. The van der Waals surface area contributed by atoms with Crippen molar-refractivity contribution >= 4 is 11.8 Å². The maximum atomic E-state index is 12.5. The number of thioether (sulfide) groups is 1. The third-order valence-electron chi connectivity index (χ3n) is 2.54. The van der Waals surface area contributed by atoms with E-state index in [2.05, 4.69) is 9.97 Å². The van der Waals surface area contributed by atoms with Gasteiger partial charge in [0, 0.05) is 11.9 Å². The van der Waals surface area contributed by atoms with E-state index < -0.39 is 11.9 Å². The predicted octanol–water partition coefficient (Wildman–Crippen LogP) is 4.10. The van der Waals surface area contributed by atoms with Crippen LogP contribution in [-0.4, -0.2) is 9.97 Å². The van der Waals surface area contributed by atoms with Gasteiger partial charge in [0.1, 0.15) is 5.69 Å². The molecule has 0 amide bonds. The van der Waals surface area contributed by atoms with E-state index in [4.69, 9.17) is 0 Å². The SMILES string of the molecule is Cc1ccccc1CSc1nccc(C(F)(F)F)n1. The topological polar surface area (TPSA) is 25.8 Å². The Balaban J connectivity index is 2.10. The van der Waals surface area contributed by atoms with Gasteiger partial charge < -0.3 is 0 Å². The van der Waals surface area contributed by atoms with Crippen molar-refractivity contribution in [2.24, 2.45) is 0 Å². The van der Waals surface area contributed by atoms with E-state index >= 15 is 0 Å². The van der Waals surface area contributed by atoms with Crippen molar-refractivity contribution in [3.05, 3.63) is 53.3 Å². The number of hydrogen-bond donors (Lipinski definition) is 0. The summed E-state index contributed by atoms with van der Waals surface area (Å²) in [6, 6.07) is 8.59. The van der Waals surface area contributed by atoms with Crippen LogP contribution < -0.4 is 0 Å². The number of benzene rings is 1. The summed E-state index contributed by atoms with van der Waals surface area (Å²) in [7, 11) is 0. The second kappa shape index (κ2) is 5.61. The van der Waals surface area contributed by atoms with Crippen LogP contribution in [0.25, 0.3) is 0 Å². The van der Waals surface area contributed by atoms with E-state index in [1.54, 1.807) is 0 Å². The highest BCUT2D eigenvalue weighted by atomic mass is 32.2. The zero-order valence-electron chi connectivity index (χ0n) is 10.1. The van der Waals surface area contributed by atoms with Crippen molar-refractivity contribution in [3.63, 3.8) is 0 Å². The van der Waals surface area contributed by atoms with Gasteiger partial charge in [0.05, 0.1) is 0 Å². The number of aromatic nitrogens is 2. The average molecular weight is 284 g/mol. The molecule has 100 valence electrons. The Kier molecular flexibility index (Phi) is 4.09. The molecule has 1 aromatic heterocycles. The van der Waals surface area contributed by atoms with Crippen LogP contribution in [0.4, 0.5) is 13.2 Å². The second-order valence-electron chi connectivity index (χ2n) is 3.94. The molecule has 2 nitrogen and oxygen atoms in total. The van der Waals surface area contributed by atoms with Gasteiger partial charge in [-0.3, -0.25) is 0 Å². The van der Waals surface area contributed by atoms with E-state index in [1.807, 2.05) is 31.2 Å².